The van der Waals surface area contributed by atoms with E-state index in [9.17, 15) is 8.78 Å². The topological polar surface area (TPSA) is 9.23 Å². The van der Waals surface area contributed by atoms with Crippen LogP contribution in [-0.4, -0.2) is 7.11 Å². The maximum atomic E-state index is 15.4. The van der Waals surface area contributed by atoms with Crippen LogP contribution in [0.2, 0.25) is 0 Å². The highest BCUT2D eigenvalue weighted by molar-refractivity contribution is 5.89. The predicted octanol–water partition coefficient (Wildman–Crippen LogP) is 9.11. The molecule has 1 nitrogen and oxygen atoms in total. The highest BCUT2D eigenvalue weighted by atomic mass is 19.1. The fraction of sp³-hybridized carbons (Fsp3) is 0.267. The van der Waals surface area contributed by atoms with Gasteiger partial charge in [0.25, 0.3) is 0 Å². The summed E-state index contributed by atoms with van der Waals surface area (Å²) in [6.07, 6.45) is 7.08. The van der Waals surface area contributed by atoms with E-state index in [0.29, 0.717) is 22.1 Å². The number of rotatable bonds is 9. The van der Waals surface area contributed by atoms with E-state index in [0.717, 1.165) is 18.2 Å². The number of benzene rings is 4. The molecule has 0 unspecified atom stereocenters. The Bertz CT molecular complexity index is 1300. The van der Waals surface area contributed by atoms with E-state index >= 15 is 4.39 Å². The van der Waals surface area contributed by atoms with Crippen LogP contribution < -0.4 is 4.74 Å². The molecule has 0 fully saturated rings. The first-order valence-corrected chi connectivity index (χ1v) is 11.9. The van der Waals surface area contributed by atoms with Crippen LogP contribution >= 0.6 is 0 Å². The first-order valence-electron chi connectivity index (χ1n) is 11.9. The van der Waals surface area contributed by atoms with Crippen molar-refractivity contribution >= 4 is 10.8 Å². The smallest absolute Gasteiger partial charge is 0.165 e. The summed E-state index contributed by atoms with van der Waals surface area (Å²) >= 11 is 0. The molecule has 176 valence electrons. The van der Waals surface area contributed by atoms with E-state index in [1.165, 1.54) is 56.6 Å². The fourth-order valence-corrected chi connectivity index (χ4v) is 4.40. The molecule has 0 saturated carbocycles. The number of unbranched alkanes of at least 4 members (excludes halogenated alkanes) is 4. The molecule has 0 atom stereocenters. The molecule has 4 heteroatoms. The Labute approximate surface area is 199 Å². The number of halogens is 3. The van der Waals surface area contributed by atoms with Crippen LogP contribution in [0.4, 0.5) is 13.2 Å². The average molecular weight is 463 g/mol. The predicted molar refractivity (Wildman–Crippen MR) is 134 cm³/mol. The fourth-order valence-electron chi connectivity index (χ4n) is 4.40. The third kappa shape index (κ3) is 5.11. The minimum atomic E-state index is -0.565. The van der Waals surface area contributed by atoms with Gasteiger partial charge in [-0.25, -0.2) is 13.2 Å². The molecule has 4 aromatic rings. The number of fused-ring (bicyclic) bond motifs is 1. The maximum Gasteiger partial charge on any atom is 0.165 e. The van der Waals surface area contributed by atoms with E-state index in [-0.39, 0.29) is 17.1 Å². The number of hydrogen-bond acceptors (Lipinski definition) is 1. The van der Waals surface area contributed by atoms with Crippen LogP contribution in [0, 0.1) is 17.5 Å². The summed E-state index contributed by atoms with van der Waals surface area (Å²) in [7, 11) is 1.38. The monoisotopic (exact) mass is 462 g/mol. The van der Waals surface area contributed by atoms with Gasteiger partial charge < -0.3 is 4.74 Å². The molecule has 0 spiro atoms. The number of ether oxygens (including phenoxy) is 1. The van der Waals surface area contributed by atoms with Crippen molar-refractivity contribution in [2.75, 3.05) is 7.11 Å². The zero-order valence-electron chi connectivity index (χ0n) is 19.6. The van der Waals surface area contributed by atoms with E-state index < -0.39 is 11.6 Å². The largest absolute Gasteiger partial charge is 0.494 e. The van der Waals surface area contributed by atoms with Gasteiger partial charge in [-0.2, -0.15) is 0 Å². The Kier molecular flexibility index (Phi) is 7.56. The van der Waals surface area contributed by atoms with Crippen molar-refractivity contribution in [3.8, 4) is 28.0 Å². The third-order valence-electron chi connectivity index (χ3n) is 6.33. The molecule has 0 bridgehead atoms. The zero-order valence-corrected chi connectivity index (χ0v) is 19.6. The standard InChI is InChI=1S/C30H29F3O/c1-3-4-5-6-7-8-20-9-13-25-21(17-20)11-15-26(30(25)33)23-10-14-24(27(31)18-23)22-12-16-29(34-2)28(32)19-22/h9-19H,3-8H2,1-2H3. The lowest BCUT2D eigenvalue weighted by molar-refractivity contribution is 0.386. The molecule has 0 aliphatic heterocycles. The summed E-state index contributed by atoms with van der Waals surface area (Å²) in [5, 5.41) is 1.37. The molecule has 0 N–H and O–H groups in total. The van der Waals surface area contributed by atoms with Crippen molar-refractivity contribution in [3.05, 3.63) is 89.7 Å². The maximum absolute atomic E-state index is 15.4. The van der Waals surface area contributed by atoms with Gasteiger partial charge in [0.1, 0.15) is 11.6 Å². The molecular weight excluding hydrogens is 433 g/mol. The second-order valence-corrected chi connectivity index (χ2v) is 8.69. The van der Waals surface area contributed by atoms with Gasteiger partial charge in [-0.15, -0.1) is 0 Å². The van der Waals surface area contributed by atoms with Crippen LogP contribution in [0.15, 0.2) is 66.7 Å². The van der Waals surface area contributed by atoms with Gasteiger partial charge in [0.2, 0.25) is 0 Å². The van der Waals surface area contributed by atoms with Crippen molar-refractivity contribution in [2.24, 2.45) is 0 Å². The first-order chi connectivity index (χ1) is 16.5. The molecule has 0 amide bonds. The zero-order chi connectivity index (χ0) is 24.1. The van der Waals surface area contributed by atoms with Crippen LogP contribution in [0.5, 0.6) is 5.75 Å². The van der Waals surface area contributed by atoms with Gasteiger partial charge in [0.15, 0.2) is 11.6 Å². The van der Waals surface area contributed by atoms with E-state index in [1.807, 2.05) is 24.3 Å². The lowest BCUT2D eigenvalue weighted by Crippen LogP contribution is -1.93. The summed E-state index contributed by atoms with van der Waals surface area (Å²) in [6, 6.07) is 18.2. The van der Waals surface area contributed by atoms with Crippen molar-refractivity contribution < 1.29 is 17.9 Å². The molecule has 4 aromatic carbocycles. The molecule has 0 aliphatic rings. The summed E-state index contributed by atoms with van der Waals surface area (Å²) < 4.78 is 49.3. The average Bonchev–Trinajstić information content (AvgIpc) is 2.84. The van der Waals surface area contributed by atoms with Crippen molar-refractivity contribution in [2.45, 2.75) is 45.4 Å². The number of methoxy groups -OCH3 is 1. The molecule has 0 heterocycles. The van der Waals surface area contributed by atoms with E-state index in [1.54, 1.807) is 24.3 Å². The molecule has 34 heavy (non-hydrogen) atoms. The van der Waals surface area contributed by atoms with E-state index in [2.05, 4.69) is 6.92 Å². The molecule has 0 aromatic heterocycles. The Morgan fingerprint density at radius 1 is 0.676 bits per heavy atom. The molecule has 4 rings (SSSR count). The molecule has 0 aliphatic carbocycles. The molecule has 0 radical (unpaired) electrons. The summed E-state index contributed by atoms with van der Waals surface area (Å²) in [6.45, 7) is 2.21. The Morgan fingerprint density at radius 2 is 1.38 bits per heavy atom. The van der Waals surface area contributed by atoms with Gasteiger partial charge in [-0.3, -0.25) is 0 Å². The second-order valence-electron chi connectivity index (χ2n) is 8.69. The summed E-state index contributed by atoms with van der Waals surface area (Å²) in [4.78, 5) is 0. The van der Waals surface area contributed by atoms with Gasteiger partial charge in [0.05, 0.1) is 7.11 Å². The van der Waals surface area contributed by atoms with Crippen molar-refractivity contribution in [1.29, 1.82) is 0 Å². The first kappa shape index (κ1) is 23.9. The Hall–Kier alpha value is -3.27. The Balaban J connectivity index is 1.58. The molecular formula is C30H29F3O. The van der Waals surface area contributed by atoms with Gasteiger partial charge in [0, 0.05) is 16.5 Å². The quantitative estimate of drug-likeness (QED) is 0.225. The lowest BCUT2D eigenvalue weighted by Gasteiger charge is -2.11. The van der Waals surface area contributed by atoms with Crippen molar-refractivity contribution in [1.82, 2.24) is 0 Å². The van der Waals surface area contributed by atoms with Crippen LogP contribution in [0.1, 0.15) is 44.6 Å². The van der Waals surface area contributed by atoms with E-state index in [4.69, 9.17) is 4.74 Å². The SMILES string of the molecule is CCCCCCCc1ccc2c(F)c(-c3ccc(-c4ccc(OC)c(F)c4)c(F)c3)ccc2c1. The number of hydrogen-bond donors (Lipinski definition) is 0. The minimum absolute atomic E-state index is 0.0960. The van der Waals surface area contributed by atoms with Gasteiger partial charge in [-0.05, 0) is 53.1 Å². The highest BCUT2D eigenvalue weighted by Crippen LogP contribution is 2.34. The molecule has 0 saturated heterocycles. The highest BCUT2D eigenvalue weighted by Gasteiger charge is 2.14. The normalized spacial score (nSPS) is 11.2. The van der Waals surface area contributed by atoms with Crippen LogP contribution in [-0.2, 0) is 6.42 Å². The van der Waals surface area contributed by atoms with Crippen molar-refractivity contribution in [3.63, 3.8) is 0 Å². The minimum Gasteiger partial charge on any atom is -0.494 e. The van der Waals surface area contributed by atoms with Crippen LogP contribution in [0.25, 0.3) is 33.0 Å². The number of aryl methyl sites for hydroxylation is 1. The third-order valence-corrected chi connectivity index (χ3v) is 6.33. The summed E-state index contributed by atoms with van der Waals surface area (Å²) in [5.41, 5.74) is 2.62. The van der Waals surface area contributed by atoms with Gasteiger partial charge >= 0.3 is 0 Å². The lowest BCUT2D eigenvalue weighted by atomic mass is 9.95. The van der Waals surface area contributed by atoms with Gasteiger partial charge in [-0.1, -0.05) is 81.1 Å². The Morgan fingerprint density at radius 3 is 2.12 bits per heavy atom. The summed E-state index contributed by atoms with van der Waals surface area (Å²) in [5.74, 6) is -1.38. The van der Waals surface area contributed by atoms with Crippen LogP contribution in [0.3, 0.4) is 0 Å². The second kappa shape index (κ2) is 10.8.